The smallest absolute Gasteiger partial charge is 0.258 e. The van der Waals surface area contributed by atoms with Gasteiger partial charge in [0.2, 0.25) is 0 Å². The van der Waals surface area contributed by atoms with Crippen molar-refractivity contribution >= 4 is 38.9 Å². The third-order valence-corrected chi connectivity index (χ3v) is 5.82. The number of pyridine rings is 1. The average Bonchev–Trinajstić information content (AvgIpc) is 2.88. The fraction of sp³-hybridized carbons (Fsp3) is 0.250. The highest BCUT2D eigenvalue weighted by Gasteiger charge is 2.27. The van der Waals surface area contributed by atoms with Crippen molar-refractivity contribution in [2.75, 3.05) is 22.1 Å². The van der Waals surface area contributed by atoms with Crippen LogP contribution < -0.4 is 10.6 Å². The zero-order valence-corrected chi connectivity index (χ0v) is 14.3. The Balaban J connectivity index is 1.63. The molecule has 126 valence electrons. The standard InChI is InChI=1S/C16H16ClN3O3S/c17-14-4-2-1-3-13(14)16(21)20-15-6-5-11(9-18-15)19-12-7-8-24(22,23)10-12/h1-6,9,12,19H,7-8,10H2,(H,18,20,21). The van der Waals surface area contributed by atoms with E-state index in [0.717, 1.165) is 0 Å². The Kier molecular flexibility index (Phi) is 4.73. The number of hydrogen-bond donors (Lipinski definition) is 2. The van der Waals surface area contributed by atoms with Gasteiger partial charge < -0.3 is 10.6 Å². The number of nitrogens with one attached hydrogen (secondary N) is 2. The molecule has 1 unspecified atom stereocenters. The first-order valence-corrected chi connectivity index (χ1v) is 9.62. The van der Waals surface area contributed by atoms with Crippen LogP contribution in [0.15, 0.2) is 42.6 Å². The molecule has 0 saturated carbocycles. The maximum Gasteiger partial charge on any atom is 0.258 e. The van der Waals surface area contributed by atoms with Gasteiger partial charge in [-0.2, -0.15) is 0 Å². The number of rotatable bonds is 4. The number of carbonyl (C=O) groups is 1. The van der Waals surface area contributed by atoms with E-state index < -0.39 is 9.84 Å². The van der Waals surface area contributed by atoms with E-state index in [1.807, 2.05) is 0 Å². The Hall–Kier alpha value is -2.12. The minimum atomic E-state index is -2.93. The van der Waals surface area contributed by atoms with E-state index in [9.17, 15) is 13.2 Å². The Morgan fingerprint density at radius 2 is 2.00 bits per heavy atom. The van der Waals surface area contributed by atoms with Crippen LogP contribution in [0.2, 0.25) is 5.02 Å². The average molecular weight is 366 g/mol. The van der Waals surface area contributed by atoms with E-state index in [2.05, 4.69) is 15.6 Å². The Labute approximate surface area is 145 Å². The molecule has 0 aliphatic carbocycles. The van der Waals surface area contributed by atoms with Crippen molar-refractivity contribution in [2.45, 2.75) is 12.5 Å². The lowest BCUT2D eigenvalue weighted by molar-refractivity contribution is 0.102. The van der Waals surface area contributed by atoms with Crippen molar-refractivity contribution in [3.05, 3.63) is 53.2 Å². The van der Waals surface area contributed by atoms with Gasteiger partial charge in [-0.1, -0.05) is 23.7 Å². The van der Waals surface area contributed by atoms with Crippen molar-refractivity contribution in [3.8, 4) is 0 Å². The van der Waals surface area contributed by atoms with Crippen molar-refractivity contribution in [3.63, 3.8) is 0 Å². The quantitative estimate of drug-likeness (QED) is 0.869. The third-order valence-electron chi connectivity index (χ3n) is 3.73. The molecule has 8 heteroatoms. The Morgan fingerprint density at radius 3 is 2.62 bits per heavy atom. The Bertz CT molecular complexity index is 853. The molecule has 6 nitrogen and oxygen atoms in total. The van der Waals surface area contributed by atoms with Crippen molar-refractivity contribution in [1.82, 2.24) is 4.98 Å². The summed E-state index contributed by atoms with van der Waals surface area (Å²) < 4.78 is 22.9. The topological polar surface area (TPSA) is 88.2 Å². The van der Waals surface area contributed by atoms with E-state index in [4.69, 9.17) is 11.6 Å². The second-order valence-electron chi connectivity index (χ2n) is 5.61. The summed E-state index contributed by atoms with van der Waals surface area (Å²) in [6, 6.07) is 10.1. The van der Waals surface area contributed by atoms with Crippen molar-refractivity contribution in [1.29, 1.82) is 0 Å². The summed E-state index contributed by atoms with van der Waals surface area (Å²) in [4.78, 5) is 16.3. The summed E-state index contributed by atoms with van der Waals surface area (Å²) in [5, 5.41) is 6.19. The lowest BCUT2D eigenvalue weighted by Crippen LogP contribution is -2.20. The Morgan fingerprint density at radius 1 is 1.21 bits per heavy atom. The number of anilines is 2. The van der Waals surface area contributed by atoms with Crippen LogP contribution in [0.3, 0.4) is 0 Å². The number of aromatic nitrogens is 1. The SMILES string of the molecule is O=C(Nc1ccc(NC2CCS(=O)(=O)C2)cn1)c1ccccc1Cl. The van der Waals surface area contributed by atoms with Gasteiger partial charge in [-0.25, -0.2) is 13.4 Å². The van der Waals surface area contributed by atoms with Crippen LogP contribution in [0, 0.1) is 0 Å². The number of carbonyl (C=O) groups excluding carboxylic acids is 1. The van der Waals surface area contributed by atoms with E-state index in [1.165, 1.54) is 0 Å². The van der Waals surface area contributed by atoms with Gasteiger partial charge in [-0.05, 0) is 30.7 Å². The van der Waals surface area contributed by atoms with Crippen molar-refractivity contribution < 1.29 is 13.2 Å². The molecule has 0 radical (unpaired) electrons. The molecular formula is C16H16ClN3O3S. The molecule has 24 heavy (non-hydrogen) atoms. The molecule has 1 aliphatic heterocycles. The monoisotopic (exact) mass is 365 g/mol. The summed E-state index contributed by atoms with van der Waals surface area (Å²) in [6.07, 6.45) is 2.15. The van der Waals surface area contributed by atoms with Gasteiger partial charge in [-0.15, -0.1) is 0 Å². The molecule has 0 spiro atoms. The number of nitrogens with zero attached hydrogens (tertiary/aromatic N) is 1. The van der Waals surface area contributed by atoms with Gasteiger partial charge in [-0.3, -0.25) is 4.79 Å². The fourth-order valence-electron chi connectivity index (χ4n) is 2.53. The summed E-state index contributed by atoms with van der Waals surface area (Å²) in [7, 11) is -2.93. The van der Waals surface area contributed by atoms with Gasteiger partial charge >= 0.3 is 0 Å². The highest BCUT2D eigenvalue weighted by molar-refractivity contribution is 7.91. The zero-order valence-electron chi connectivity index (χ0n) is 12.7. The maximum atomic E-state index is 12.2. The molecule has 2 aromatic rings. The van der Waals surface area contributed by atoms with Gasteiger partial charge in [0.25, 0.3) is 5.91 Å². The summed E-state index contributed by atoms with van der Waals surface area (Å²) >= 11 is 5.99. The lowest BCUT2D eigenvalue weighted by Gasteiger charge is -2.12. The summed E-state index contributed by atoms with van der Waals surface area (Å²) in [6.45, 7) is 0. The zero-order chi connectivity index (χ0) is 17.2. The number of halogens is 1. The van der Waals surface area contributed by atoms with Crippen LogP contribution in [0.5, 0.6) is 0 Å². The van der Waals surface area contributed by atoms with Gasteiger partial charge in [0.1, 0.15) is 5.82 Å². The van der Waals surface area contributed by atoms with Crippen LogP contribution in [0.25, 0.3) is 0 Å². The van der Waals surface area contributed by atoms with Gasteiger partial charge in [0.05, 0.1) is 34.0 Å². The molecule has 1 saturated heterocycles. The summed E-state index contributed by atoms with van der Waals surface area (Å²) in [5.74, 6) is 0.405. The molecule has 1 aliphatic rings. The van der Waals surface area contributed by atoms with E-state index in [-0.39, 0.29) is 23.5 Å². The molecule has 1 amide bonds. The summed E-state index contributed by atoms with van der Waals surface area (Å²) in [5.41, 5.74) is 1.09. The van der Waals surface area contributed by atoms with E-state index >= 15 is 0 Å². The number of hydrogen-bond acceptors (Lipinski definition) is 5. The molecule has 0 bridgehead atoms. The molecule has 1 aromatic heterocycles. The number of benzene rings is 1. The molecular weight excluding hydrogens is 350 g/mol. The van der Waals surface area contributed by atoms with Crippen LogP contribution in [0.1, 0.15) is 16.8 Å². The fourth-order valence-corrected chi connectivity index (χ4v) is 4.42. The van der Waals surface area contributed by atoms with Crippen LogP contribution in [-0.2, 0) is 9.84 Å². The molecule has 1 aromatic carbocycles. The highest BCUT2D eigenvalue weighted by atomic mass is 35.5. The second kappa shape index (κ2) is 6.78. The molecule has 3 rings (SSSR count). The van der Waals surface area contributed by atoms with Gasteiger partial charge in [0.15, 0.2) is 9.84 Å². The van der Waals surface area contributed by atoms with E-state index in [1.54, 1.807) is 42.6 Å². The van der Waals surface area contributed by atoms with Crippen LogP contribution >= 0.6 is 11.6 Å². The number of amides is 1. The molecule has 1 atom stereocenters. The number of sulfone groups is 1. The lowest BCUT2D eigenvalue weighted by atomic mass is 10.2. The largest absolute Gasteiger partial charge is 0.380 e. The predicted molar refractivity (Wildman–Crippen MR) is 94.3 cm³/mol. The minimum absolute atomic E-state index is 0.0969. The normalized spacial score (nSPS) is 19.0. The molecule has 2 heterocycles. The van der Waals surface area contributed by atoms with E-state index in [0.29, 0.717) is 28.5 Å². The first-order valence-electron chi connectivity index (χ1n) is 7.42. The first kappa shape index (κ1) is 16.7. The molecule has 2 N–H and O–H groups in total. The predicted octanol–water partition coefficient (Wildman–Crippen LogP) is 2.59. The highest BCUT2D eigenvalue weighted by Crippen LogP contribution is 2.19. The first-order chi connectivity index (χ1) is 11.4. The molecule has 1 fully saturated rings. The van der Waals surface area contributed by atoms with Crippen LogP contribution in [-0.4, -0.2) is 36.9 Å². The van der Waals surface area contributed by atoms with Crippen LogP contribution in [0.4, 0.5) is 11.5 Å². The van der Waals surface area contributed by atoms with Gasteiger partial charge in [0, 0.05) is 6.04 Å². The maximum absolute atomic E-state index is 12.2. The minimum Gasteiger partial charge on any atom is -0.380 e. The second-order valence-corrected chi connectivity index (χ2v) is 8.25. The van der Waals surface area contributed by atoms with Crippen molar-refractivity contribution in [2.24, 2.45) is 0 Å². The third kappa shape index (κ3) is 4.04.